The summed E-state index contributed by atoms with van der Waals surface area (Å²) < 4.78 is 7.17. The van der Waals surface area contributed by atoms with Gasteiger partial charge in [0.1, 0.15) is 12.1 Å². The summed E-state index contributed by atoms with van der Waals surface area (Å²) in [6.45, 7) is 4.76. The molecule has 8 aromatic carbocycles. The highest BCUT2D eigenvalue weighted by atomic mass is 15.2. The maximum atomic E-state index is 11.4. The number of nitrogens with zero attached hydrogens (tertiary/aromatic N) is 6. The molecule has 0 bridgehead atoms. The molecule has 322 valence electrons. The summed E-state index contributed by atoms with van der Waals surface area (Å²) in [6, 6.07) is 63.4. The zero-order valence-corrected chi connectivity index (χ0v) is 37.8. The van der Waals surface area contributed by atoms with Gasteiger partial charge in [-0.25, -0.2) is 0 Å². The summed E-state index contributed by atoms with van der Waals surface area (Å²) in [7, 11) is 0. The van der Waals surface area contributed by atoms with Crippen molar-refractivity contribution < 1.29 is 0 Å². The van der Waals surface area contributed by atoms with Gasteiger partial charge in [-0.15, -0.1) is 0 Å². The summed E-state index contributed by atoms with van der Waals surface area (Å²) in [5, 5.41) is 30.9. The Morgan fingerprint density at radius 2 is 1.22 bits per heavy atom. The predicted molar refractivity (Wildman–Crippen MR) is 279 cm³/mol. The summed E-state index contributed by atoms with van der Waals surface area (Å²) in [5.41, 5.74) is 15.0. The van der Waals surface area contributed by atoms with Crippen LogP contribution in [0, 0.1) is 22.7 Å². The van der Waals surface area contributed by atoms with Gasteiger partial charge in [-0.1, -0.05) is 134 Å². The molecule has 1 aliphatic heterocycles. The Balaban J connectivity index is 0.996. The summed E-state index contributed by atoms with van der Waals surface area (Å²) >= 11 is 0. The van der Waals surface area contributed by atoms with Crippen LogP contribution in [0.5, 0.6) is 0 Å². The molecular weight excluding hydrogens is 829 g/mol. The Morgan fingerprint density at radius 3 is 2.00 bits per heavy atom. The minimum absolute atomic E-state index is 0.00653. The van der Waals surface area contributed by atoms with Gasteiger partial charge in [0.05, 0.1) is 50.1 Å². The number of benzene rings is 8. The predicted octanol–water partition coefficient (Wildman–Crippen LogP) is 15.4. The van der Waals surface area contributed by atoms with Crippen molar-refractivity contribution in [3.05, 3.63) is 204 Å². The Kier molecular flexibility index (Phi) is 8.08. The number of para-hydroxylation sites is 4. The van der Waals surface area contributed by atoms with Crippen LogP contribution in [-0.2, 0) is 5.41 Å². The van der Waals surface area contributed by atoms with Crippen molar-refractivity contribution in [1.82, 2.24) is 13.7 Å². The van der Waals surface area contributed by atoms with E-state index in [1.54, 1.807) is 0 Å². The van der Waals surface area contributed by atoms with Crippen molar-refractivity contribution in [3.8, 4) is 23.5 Å². The average molecular weight is 873 g/mol. The van der Waals surface area contributed by atoms with Crippen molar-refractivity contribution in [2.24, 2.45) is 0 Å². The zero-order valence-electron chi connectivity index (χ0n) is 37.8. The SMILES string of the molecule is C[C@H]1CC=Cc2c1n(C1=CC3(C)c4c(ccc5ccccc45)N(c4cc(C#N)c(-n5c6ccccc6c6c5ccc5c7ccccc7n(-c7ccccc7)c56)cc4C#N)C3CC1)c1ccccc21. The van der Waals surface area contributed by atoms with E-state index in [-0.39, 0.29) is 6.04 Å². The molecule has 6 heteroatoms. The number of hydrogen-bond acceptors (Lipinski definition) is 3. The van der Waals surface area contributed by atoms with Crippen LogP contribution in [0.15, 0.2) is 176 Å². The van der Waals surface area contributed by atoms with Crippen molar-refractivity contribution in [3.63, 3.8) is 0 Å². The Hall–Kier alpha value is -8.58. The third-order valence-corrected chi connectivity index (χ3v) is 15.7. The molecule has 0 amide bonds. The molecule has 68 heavy (non-hydrogen) atoms. The van der Waals surface area contributed by atoms with Gasteiger partial charge < -0.3 is 18.6 Å². The molecule has 0 N–H and O–H groups in total. The zero-order chi connectivity index (χ0) is 45.4. The molecule has 2 aliphatic carbocycles. The van der Waals surface area contributed by atoms with E-state index >= 15 is 0 Å². The fourth-order valence-corrected chi connectivity index (χ4v) is 12.9. The maximum Gasteiger partial charge on any atom is 0.101 e. The number of anilines is 2. The summed E-state index contributed by atoms with van der Waals surface area (Å²) in [5.74, 6) is 0.387. The molecule has 6 nitrogen and oxygen atoms in total. The van der Waals surface area contributed by atoms with E-state index in [0.717, 1.165) is 74.6 Å². The lowest BCUT2D eigenvalue weighted by Gasteiger charge is -2.40. The molecular formula is C62H44N6. The van der Waals surface area contributed by atoms with Gasteiger partial charge in [0.15, 0.2) is 0 Å². The normalized spacial score (nSPS) is 18.6. The first-order valence-electron chi connectivity index (χ1n) is 23.8. The Bertz CT molecular complexity index is 4140. The van der Waals surface area contributed by atoms with Crippen LogP contribution >= 0.6 is 0 Å². The van der Waals surface area contributed by atoms with Crippen LogP contribution in [0.1, 0.15) is 67.0 Å². The Morgan fingerprint density at radius 1 is 0.574 bits per heavy atom. The monoisotopic (exact) mass is 872 g/mol. The largest absolute Gasteiger partial charge is 0.336 e. The van der Waals surface area contributed by atoms with E-state index in [4.69, 9.17) is 0 Å². The second-order valence-electron chi connectivity index (χ2n) is 19.2. The highest BCUT2D eigenvalue weighted by molar-refractivity contribution is 6.26. The van der Waals surface area contributed by atoms with Gasteiger partial charge in [0.25, 0.3) is 0 Å². The lowest BCUT2D eigenvalue weighted by atomic mass is 9.71. The quantitative estimate of drug-likeness (QED) is 0.177. The van der Waals surface area contributed by atoms with Crippen LogP contribution in [-0.4, -0.2) is 19.7 Å². The molecule has 3 aliphatic rings. The van der Waals surface area contributed by atoms with Gasteiger partial charge in [0, 0.05) is 72.6 Å². The van der Waals surface area contributed by atoms with Gasteiger partial charge in [0.2, 0.25) is 0 Å². The van der Waals surface area contributed by atoms with Crippen molar-refractivity contribution in [2.75, 3.05) is 4.90 Å². The molecule has 14 rings (SSSR count). The summed E-state index contributed by atoms with van der Waals surface area (Å²) in [4.78, 5) is 2.42. The van der Waals surface area contributed by atoms with Crippen molar-refractivity contribution in [1.29, 1.82) is 10.5 Å². The number of rotatable bonds is 4. The van der Waals surface area contributed by atoms with Crippen LogP contribution in [0.4, 0.5) is 11.4 Å². The molecule has 11 aromatic rings. The number of allylic oxidation sites excluding steroid dienone is 2. The highest BCUT2D eigenvalue weighted by Crippen LogP contribution is 2.58. The molecule has 4 heterocycles. The van der Waals surface area contributed by atoms with E-state index in [1.165, 1.54) is 49.6 Å². The third kappa shape index (κ3) is 5.09. The first-order chi connectivity index (χ1) is 33.5. The lowest BCUT2D eigenvalue weighted by molar-refractivity contribution is 0.442. The molecule has 0 saturated carbocycles. The molecule has 3 aromatic heterocycles. The Labute approximate surface area is 393 Å². The topological polar surface area (TPSA) is 65.6 Å². The van der Waals surface area contributed by atoms with E-state index in [0.29, 0.717) is 22.7 Å². The van der Waals surface area contributed by atoms with Gasteiger partial charge in [-0.2, -0.15) is 10.5 Å². The summed E-state index contributed by atoms with van der Waals surface area (Å²) in [6.07, 6.45) is 9.96. The second kappa shape index (κ2) is 14.2. The molecule has 0 fully saturated rings. The standard InChI is InChI=1S/C62H44N6/c1-38-15-14-23-47-45-20-8-12-25-51(45)66(60(38)47)43-28-32-57-62(2,35-43)59-44-19-7-6-16-39(44)27-30-54(59)68(57)56-34-40(36-63)55(33-41(56)37-64)67-52-26-13-10-22-49(52)58-53(67)31-29-48-46-21-9-11-24-50(46)65(61(48)58)42-17-4-3-5-18-42/h3-14,16-27,29-31,33-35,38,57H,15,28,32H2,1-2H3/t38-,57?,62?/m0/s1. The van der Waals surface area contributed by atoms with Crippen molar-refractivity contribution in [2.45, 2.75) is 50.5 Å². The highest BCUT2D eigenvalue weighted by Gasteiger charge is 2.51. The number of hydrogen-bond donors (Lipinski definition) is 0. The van der Waals surface area contributed by atoms with E-state index in [1.807, 2.05) is 12.1 Å². The second-order valence-corrected chi connectivity index (χ2v) is 19.2. The number of fused-ring (bicyclic) bond motifs is 15. The van der Waals surface area contributed by atoms with E-state index in [9.17, 15) is 10.5 Å². The van der Waals surface area contributed by atoms with Crippen molar-refractivity contribution >= 4 is 88.4 Å². The smallest absolute Gasteiger partial charge is 0.101 e. The van der Waals surface area contributed by atoms with Gasteiger partial charge in [-0.05, 0) is 97.1 Å². The fraction of sp³-hybridized carbons (Fsp3) is 0.129. The lowest BCUT2D eigenvalue weighted by Crippen LogP contribution is -2.42. The molecule has 3 atom stereocenters. The van der Waals surface area contributed by atoms with Gasteiger partial charge in [-0.3, -0.25) is 0 Å². The van der Waals surface area contributed by atoms with E-state index < -0.39 is 5.41 Å². The molecule has 0 spiro atoms. The first kappa shape index (κ1) is 38.7. The van der Waals surface area contributed by atoms with Gasteiger partial charge >= 0.3 is 0 Å². The molecule has 2 unspecified atom stereocenters. The average Bonchev–Trinajstić information content (AvgIpc) is 4.10. The fourth-order valence-electron chi connectivity index (χ4n) is 12.9. The van der Waals surface area contributed by atoms with Crippen LogP contribution in [0.25, 0.3) is 88.4 Å². The molecule has 0 saturated heterocycles. The van der Waals surface area contributed by atoms with Crippen LogP contribution in [0.2, 0.25) is 0 Å². The minimum atomic E-state index is -0.427. The van der Waals surface area contributed by atoms with Crippen LogP contribution < -0.4 is 4.90 Å². The third-order valence-electron chi connectivity index (χ3n) is 15.7. The number of nitriles is 2. The van der Waals surface area contributed by atoms with E-state index in [2.05, 4.69) is 214 Å². The van der Waals surface area contributed by atoms with Crippen LogP contribution in [0.3, 0.4) is 0 Å². The first-order valence-corrected chi connectivity index (χ1v) is 23.8. The maximum absolute atomic E-state index is 11.4. The minimum Gasteiger partial charge on any atom is -0.336 e. The number of aromatic nitrogens is 3. The molecule has 0 radical (unpaired) electrons.